The third-order valence-electron chi connectivity index (χ3n) is 5.49. The van der Waals surface area contributed by atoms with E-state index in [9.17, 15) is 20.2 Å². The summed E-state index contributed by atoms with van der Waals surface area (Å²) in [7, 11) is 3.04. The Labute approximate surface area is 220 Å². The highest BCUT2D eigenvalue weighted by Gasteiger charge is 2.22. The molecule has 0 aromatic heterocycles. The Morgan fingerprint density at radius 1 is 0.658 bits per heavy atom. The first-order valence-electron chi connectivity index (χ1n) is 11.8. The second-order valence-electron chi connectivity index (χ2n) is 7.77. The summed E-state index contributed by atoms with van der Waals surface area (Å²) >= 11 is 0. The SMILES string of the molecule is CCOc1c(C=Cc2cc(C=Cc3cccc(OC)c3OCC)c([N+](=O)[O-])cc2[N+](=O)[O-])cccc1OC. The zero-order valence-electron chi connectivity index (χ0n) is 21.5. The highest BCUT2D eigenvalue weighted by atomic mass is 16.6. The molecule has 0 saturated heterocycles. The van der Waals surface area contributed by atoms with E-state index in [1.807, 2.05) is 13.8 Å². The Morgan fingerprint density at radius 3 is 1.39 bits per heavy atom. The molecule has 10 nitrogen and oxygen atoms in total. The smallest absolute Gasteiger partial charge is 0.283 e. The van der Waals surface area contributed by atoms with Crippen molar-refractivity contribution in [1.29, 1.82) is 0 Å². The predicted molar refractivity (Wildman–Crippen MR) is 146 cm³/mol. The minimum atomic E-state index is -0.648. The summed E-state index contributed by atoms with van der Waals surface area (Å²) in [5.41, 5.74) is 0.828. The summed E-state index contributed by atoms with van der Waals surface area (Å²) in [5.74, 6) is 2.00. The van der Waals surface area contributed by atoms with Crippen LogP contribution in [0.15, 0.2) is 48.5 Å². The summed E-state index contributed by atoms with van der Waals surface area (Å²) in [6.07, 6.45) is 6.33. The maximum absolute atomic E-state index is 11.8. The first kappa shape index (κ1) is 27.7. The monoisotopic (exact) mass is 520 g/mol. The van der Waals surface area contributed by atoms with Gasteiger partial charge in [-0.1, -0.05) is 36.4 Å². The summed E-state index contributed by atoms with van der Waals surface area (Å²) < 4.78 is 22.1. The number of ether oxygens (including phenoxy) is 4. The van der Waals surface area contributed by atoms with Gasteiger partial charge in [0.15, 0.2) is 23.0 Å². The molecule has 0 N–H and O–H groups in total. The molecular weight excluding hydrogens is 492 g/mol. The van der Waals surface area contributed by atoms with Gasteiger partial charge in [0.25, 0.3) is 11.4 Å². The standard InChI is InChI=1S/C28H28N2O8/c1-5-37-27-19(9-7-11-25(27)35-3)13-15-21-17-22(24(30(33)34)18-23(21)29(31)32)16-14-20-10-8-12-26(36-4)28(20)38-6-2/h7-18H,5-6H2,1-4H3. The van der Waals surface area contributed by atoms with E-state index in [1.165, 1.54) is 32.4 Å². The lowest BCUT2D eigenvalue weighted by atomic mass is 10.0. The van der Waals surface area contributed by atoms with Crippen molar-refractivity contribution >= 4 is 35.7 Å². The third kappa shape index (κ3) is 6.28. The molecule has 0 heterocycles. The average Bonchev–Trinajstić information content (AvgIpc) is 2.91. The zero-order valence-corrected chi connectivity index (χ0v) is 21.5. The minimum absolute atomic E-state index is 0.182. The van der Waals surface area contributed by atoms with E-state index in [4.69, 9.17) is 18.9 Å². The molecule has 0 unspecified atom stereocenters. The van der Waals surface area contributed by atoms with Gasteiger partial charge < -0.3 is 18.9 Å². The lowest BCUT2D eigenvalue weighted by molar-refractivity contribution is -0.394. The van der Waals surface area contributed by atoms with Crippen LogP contribution < -0.4 is 18.9 Å². The third-order valence-corrected chi connectivity index (χ3v) is 5.49. The molecule has 10 heteroatoms. The highest BCUT2D eigenvalue weighted by Crippen LogP contribution is 2.36. The second-order valence-corrected chi connectivity index (χ2v) is 7.77. The minimum Gasteiger partial charge on any atom is -0.493 e. The molecule has 3 aromatic carbocycles. The van der Waals surface area contributed by atoms with Gasteiger partial charge in [-0.25, -0.2) is 0 Å². The van der Waals surface area contributed by atoms with Gasteiger partial charge in [-0.2, -0.15) is 0 Å². The van der Waals surface area contributed by atoms with E-state index in [0.717, 1.165) is 6.07 Å². The van der Waals surface area contributed by atoms with Crippen LogP contribution in [-0.2, 0) is 0 Å². The van der Waals surface area contributed by atoms with Gasteiger partial charge >= 0.3 is 0 Å². The van der Waals surface area contributed by atoms with Crippen molar-refractivity contribution in [3.8, 4) is 23.0 Å². The van der Waals surface area contributed by atoms with E-state index in [-0.39, 0.29) is 11.1 Å². The van der Waals surface area contributed by atoms with Crippen LogP contribution in [0.2, 0.25) is 0 Å². The van der Waals surface area contributed by atoms with Crippen molar-refractivity contribution in [3.05, 3.63) is 91.0 Å². The first-order valence-corrected chi connectivity index (χ1v) is 11.8. The largest absolute Gasteiger partial charge is 0.493 e. The quantitative estimate of drug-likeness (QED) is 0.148. The molecule has 0 bridgehead atoms. The number of hydrogen-bond acceptors (Lipinski definition) is 8. The zero-order chi connectivity index (χ0) is 27.7. The van der Waals surface area contributed by atoms with E-state index in [0.29, 0.717) is 47.3 Å². The molecule has 0 spiro atoms. The number of methoxy groups -OCH3 is 2. The maximum atomic E-state index is 11.8. The molecule has 0 atom stereocenters. The van der Waals surface area contributed by atoms with Gasteiger partial charge in [0.05, 0.1) is 54.5 Å². The second kappa shape index (κ2) is 12.9. The van der Waals surface area contributed by atoms with Crippen LogP contribution in [0.5, 0.6) is 23.0 Å². The van der Waals surface area contributed by atoms with E-state index in [1.54, 1.807) is 48.6 Å². The van der Waals surface area contributed by atoms with Crippen LogP contribution in [-0.4, -0.2) is 37.3 Å². The summed E-state index contributed by atoms with van der Waals surface area (Å²) in [5, 5.41) is 23.6. The van der Waals surface area contributed by atoms with Gasteiger partial charge in [-0.15, -0.1) is 0 Å². The van der Waals surface area contributed by atoms with Gasteiger partial charge in [0, 0.05) is 11.1 Å². The molecule has 0 amide bonds. The lowest BCUT2D eigenvalue weighted by Crippen LogP contribution is -1.99. The molecule has 0 saturated carbocycles. The molecule has 38 heavy (non-hydrogen) atoms. The fourth-order valence-corrected chi connectivity index (χ4v) is 3.80. The molecule has 198 valence electrons. The number of rotatable bonds is 12. The number of para-hydroxylation sites is 2. The normalized spacial score (nSPS) is 11.1. The summed E-state index contributed by atoms with van der Waals surface area (Å²) in [6.45, 7) is 4.45. The Kier molecular flexibility index (Phi) is 9.42. The topological polar surface area (TPSA) is 123 Å². The Morgan fingerprint density at radius 2 is 1.05 bits per heavy atom. The van der Waals surface area contributed by atoms with E-state index in [2.05, 4.69) is 0 Å². The average molecular weight is 521 g/mol. The van der Waals surface area contributed by atoms with Crippen molar-refractivity contribution in [2.24, 2.45) is 0 Å². The Hall–Kier alpha value is -4.86. The fourth-order valence-electron chi connectivity index (χ4n) is 3.80. The van der Waals surface area contributed by atoms with Crippen LogP contribution in [0, 0.1) is 20.2 Å². The van der Waals surface area contributed by atoms with Gasteiger partial charge in [0.1, 0.15) is 0 Å². The van der Waals surface area contributed by atoms with Crippen LogP contribution in [0.4, 0.5) is 11.4 Å². The number of hydrogen-bond donors (Lipinski definition) is 0. The molecule has 3 rings (SSSR count). The van der Waals surface area contributed by atoms with Crippen LogP contribution in [0.1, 0.15) is 36.1 Å². The molecular formula is C28H28N2O8. The Bertz CT molecular complexity index is 1280. The van der Waals surface area contributed by atoms with Crippen molar-refractivity contribution in [1.82, 2.24) is 0 Å². The van der Waals surface area contributed by atoms with Gasteiger partial charge in [0.2, 0.25) is 0 Å². The number of benzene rings is 3. The summed E-state index contributed by atoms with van der Waals surface area (Å²) in [6, 6.07) is 12.9. The molecule has 0 aliphatic rings. The van der Waals surface area contributed by atoms with Gasteiger partial charge in [-0.3, -0.25) is 20.2 Å². The van der Waals surface area contributed by atoms with Crippen LogP contribution in [0.25, 0.3) is 24.3 Å². The van der Waals surface area contributed by atoms with Crippen molar-refractivity contribution in [2.45, 2.75) is 13.8 Å². The van der Waals surface area contributed by atoms with Crippen molar-refractivity contribution in [2.75, 3.05) is 27.4 Å². The first-order chi connectivity index (χ1) is 18.3. The van der Waals surface area contributed by atoms with Crippen molar-refractivity contribution < 1.29 is 28.8 Å². The maximum Gasteiger partial charge on any atom is 0.283 e. The summed E-state index contributed by atoms with van der Waals surface area (Å²) in [4.78, 5) is 22.3. The molecule has 3 aromatic rings. The van der Waals surface area contributed by atoms with E-state index < -0.39 is 21.2 Å². The van der Waals surface area contributed by atoms with Crippen LogP contribution in [0.3, 0.4) is 0 Å². The number of nitrogens with zero attached hydrogens (tertiary/aromatic N) is 2. The lowest BCUT2D eigenvalue weighted by Gasteiger charge is -2.12. The number of nitro groups is 2. The van der Waals surface area contributed by atoms with Gasteiger partial charge in [-0.05, 0) is 44.2 Å². The predicted octanol–water partition coefficient (Wildman–Crippen LogP) is 6.66. The van der Waals surface area contributed by atoms with Crippen molar-refractivity contribution in [3.63, 3.8) is 0 Å². The molecule has 0 fully saturated rings. The Balaban J connectivity index is 2.14. The fraction of sp³-hybridized carbons (Fsp3) is 0.214. The van der Waals surface area contributed by atoms with E-state index >= 15 is 0 Å². The molecule has 0 aliphatic heterocycles. The van der Waals surface area contributed by atoms with Crippen LogP contribution >= 0.6 is 0 Å². The number of nitro benzene ring substituents is 2. The highest BCUT2D eigenvalue weighted by molar-refractivity contribution is 5.83. The molecule has 0 aliphatic carbocycles. The molecule has 0 radical (unpaired) electrons.